The van der Waals surface area contributed by atoms with Gasteiger partial charge in [0.15, 0.2) is 0 Å². The van der Waals surface area contributed by atoms with Crippen molar-refractivity contribution in [1.29, 1.82) is 0 Å². The molecule has 0 aromatic heterocycles. The van der Waals surface area contributed by atoms with Gasteiger partial charge in [0.2, 0.25) is 0 Å². The largest absolute Gasteiger partial charge is 0.494 e. The van der Waals surface area contributed by atoms with E-state index in [1.165, 1.54) is 0 Å². The van der Waals surface area contributed by atoms with Crippen molar-refractivity contribution in [3.8, 4) is 0 Å². The molecule has 0 unspecified atom stereocenters. The lowest BCUT2D eigenvalue weighted by Gasteiger charge is -2.34. The second-order valence-electron chi connectivity index (χ2n) is 8.42. The van der Waals surface area contributed by atoms with Crippen LogP contribution in [0.4, 0.5) is 4.39 Å². The molecular formula is C19H27BFNO3. The van der Waals surface area contributed by atoms with Crippen LogP contribution in [0, 0.1) is 0 Å². The summed E-state index contributed by atoms with van der Waals surface area (Å²) < 4.78 is 26.0. The van der Waals surface area contributed by atoms with E-state index in [0.29, 0.717) is 31.5 Å². The lowest BCUT2D eigenvalue weighted by Crippen LogP contribution is -2.43. The third-order valence-electron chi connectivity index (χ3n) is 5.78. The number of rotatable bonds is 2. The molecule has 136 valence electrons. The van der Waals surface area contributed by atoms with E-state index in [4.69, 9.17) is 9.31 Å². The van der Waals surface area contributed by atoms with Gasteiger partial charge in [-0.25, -0.2) is 4.39 Å². The van der Waals surface area contributed by atoms with Crippen LogP contribution in [0.3, 0.4) is 0 Å². The fourth-order valence-electron chi connectivity index (χ4n) is 3.12. The number of halogens is 1. The number of hydrogen-bond donors (Lipinski definition) is 0. The molecule has 2 heterocycles. The van der Waals surface area contributed by atoms with Crippen LogP contribution in [0.2, 0.25) is 0 Å². The molecule has 0 atom stereocenters. The van der Waals surface area contributed by atoms with E-state index >= 15 is 0 Å². The van der Waals surface area contributed by atoms with Gasteiger partial charge >= 0.3 is 7.12 Å². The molecule has 1 aromatic rings. The fourth-order valence-corrected chi connectivity index (χ4v) is 3.12. The third kappa shape index (κ3) is 3.60. The third-order valence-corrected chi connectivity index (χ3v) is 5.78. The highest BCUT2D eigenvalue weighted by Gasteiger charge is 2.51. The molecule has 25 heavy (non-hydrogen) atoms. The summed E-state index contributed by atoms with van der Waals surface area (Å²) in [5.74, 6) is -0.0454. The Bertz CT molecular complexity index is 631. The summed E-state index contributed by atoms with van der Waals surface area (Å²) >= 11 is 0. The van der Waals surface area contributed by atoms with Gasteiger partial charge in [-0.2, -0.15) is 0 Å². The van der Waals surface area contributed by atoms with Crippen LogP contribution in [-0.2, 0) is 9.31 Å². The summed E-state index contributed by atoms with van der Waals surface area (Å²) in [6.45, 7) is 10.6. The lowest BCUT2D eigenvalue weighted by molar-refractivity contribution is 0.00578. The number of nitrogens with zero attached hydrogens (tertiary/aromatic N) is 1. The van der Waals surface area contributed by atoms with E-state index in [0.717, 1.165) is 5.46 Å². The molecule has 2 fully saturated rings. The normalized spacial score (nSPS) is 24.4. The Morgan fingerprint density at radius 2 is 1.48 bits per heavy atom. The van der Waals surface area contributed by atoms with Crippen LogP contribution in [-0.4, -0.2) is 47.9 Å². The molecular weight excluding hydrogens is 320 g/mol. The fraction of sp³-hybridized carbons (Fsp3) is 0.632. The number of carbonyl (C=O) groups excluding carboxylic acids is 1. The van der Waals surface area contributed by atoms with Gasteiger partial charge in [0, 0.05) is 18.7 Å². The van der Waals surface area contributed by atoms with Crippen LogP contribution < -0.4 is 5.46 Å². The van der Waals surface area contributed by atoms with Crippen molar-refractivity contribution in [3.05, 3.63) is 29.8 Å². The number of likely N-dealkylation sites (tertiary alicyclic amines) is 1. The average Bonchev–Trinajstić information content (AvgIpc) is 2.75. The minimum absolute atomic E-state index is 0.0454. The van der Waals surface area contributed by atoms with E-state index in [1.54, 1.807) is 24.0 Å². The molecule has 1 aromatic carbocycles. The highest BCUT2D eigenvalue weighted by atomic mass is 19.1. The number of hydrogen-bond acceptors (Lipinski definition) is 3. The number of amides is 1. The number of carbonyl (C=O) groups is 1. The predicted octanol–water partition coefficient (Wildman–Crippen LogP) is 2.95. The van der Waals surface area contributed by atoms with Crippen molar-refractivity contribution in [2.75, 3.05) is 13.1 Å². The van der Waals surface area contributed by atoms with Crippen molar-refractivity contribution in [2.24, 2.45) is 0 Å². The highest BCUT2D eigenvalue weighted by Crippen LogP contribution is 2.36. The molecule has 1 amide bonds. The molecule has 2 aliphatic heterocycles. The minimum atomic E-state index is -1.16. The minimum Gasteiger partial charge on any atom is -0.399 e. The van der Waals surface area contributed by atoms with E-state index < -0.39 is 12.8 Å². The molecule has 0 N–H and O–H groups in total. The first-order chi connectivity index (χ1) is 11.5. The Balaban J connectivity index is 1.68. The maximum absolute atomic E-state index is 13.9. The highest BCUT2D eigenvalue weighted by molar-refractivity contribution is 6.62. The van der Waals surface area contributed by atoms with Crippen LogP contribution in [0.25, 0.3) is 0 Å². The van der Waals surface area contributed by atoms with Gasteiger partial charge in [-0.05, 0) is 65.1 Å². The second kappa shape index (κ2) is 6.10. The van der Waals surface area contributed by atoms with Crippen molar-refractivity contribution >= 4 is 18.5 Å². The summed E-state index contributed by atoms with van der Waals surface area (Å²) in [5.41, 5.74) is -0.428. The monoisotopic (exact) mass is 347 g/mol. The van der Waals surface area contributed by atoms with E-state index in [2.05, 4.69) is 0 Å². The molecule has 4 nitrogen and oxygen atoms in total. The zero-order valence-corrected chi connectivity index (χ0v) is 15.8. The average molecular weight is 347 g/mol. The van der Waals surface area contributed by atoms with Gasteiger partial charge in [-0.1, -0.05) is 12.1 Å². The molecule has 2 aliphatic rings. The predicted molar refractivity (Wildman–Crippen MR) is 96.8 cm³/mol. The second-order valence-corrected chi connectivity index (χ2v) is 8.42. The van der Waals surface area contributed by atoms with Crippen LogP contribution in [0.1, 0.15) is 57.8 Å². The van der Waals surface area contributed by atoms with Gasteiger partial charge in [0.05, 0.1) is 11.2 Å². The Kier molecular flexibility index (Phi) is 4.49. The molecule has 3 rings (SSSR count). The van der Waals surface area contributed by atoms with Crippen LogP contribution in [0.15, 0.2) is 24.3 Å². The maximum atomic E-state index is 13.9. The first-order valence-electron chi connectivity index (χ1n) is 8.95. The summed E-state index contributed by atoms with van der Waals surface area (Å²) in [4.78, 5) is 14.3. The summed E-state index contributed by atoms with van der Waals surface area (Å²) in [6.07, 6.45) is 0.787. The topological polar surface area (TPSA) is 38.8 Å². The molecule has 0 bridgehead atoms. The molecule has 2 saturated heterocycles. The van der Waals surface area contributed by atoms with E-state index in [1.807, 2.05) is 39.8 Å². The number of benzene rings is 1. The van der Waals surface area contributed by atoms with Gasteiger partial charge in [0.25, 0.3) is 5.91 Å². The van der Waals surface area contributed by atoms with Gasteiger partial charge in [-0.15, -0.1) is 0 Å². The molecule has 0 spiro atoms. The summed E-state index contributed by atoms with van der Waals surface area (Å²) in [5, 5.41) is 0. The van der Waals surface area contributed by atoms with Crippen LogP contribution in [0.5, 0.6) is 0 Å². The standard InChI is InChI=1S/C19H27BFNO3/c1-17(2)18(3,4)25-20(24-17)15-8-6-14(7-9-15)16(23)22-12-10-19(5,21)11-13-22/h6-9H,10-13H2,1-5H3. The smallest absolute Gasteiger partial charge is 0.399 e. The maximum Gasteiger partial charge on any atom is 0.494 e. The first-order valence-corrected chi connectivity index (χ1v) is 8.95. The first kappa shape index (κ1) is 18.4. The Morgan fingerprint density at radius 3 is 1.96 bits per heavy atom. The molecule has 0 radical (unpaired) electrons. The zero-order chi connectivity index (χ0) is 18.5. The Hall–Kier alpha value is -1.40. The quantitative estimate of drug-likeness (QED) is 0.772. The zero-order valence-electron chi connectivity index (χ0n) is 15.8. The Morgan fingerprint density at radius 1 is 1.00 bits per heavy atom. The Labute approximate surface area is 149 Å². The van der Waals surface area contributed by atoms with Gasteiger partial charge in [0.1, 0.15) is 5.67 Å². The molecule has 6 heteroatoms. The lowest BCUT2D eigenvalue weighted by atomic mass is 9.79. The van der Waals surface area contributed by atoms with Crippen LogP contribution >= 0.6 is 0 Å². The van der Waals surface area contributed by atoms with Crippen molar-refractivity contribution in [2.45, 2.75) is 64.3 Å². The van der Waals surface area contributed by atoms with Gasteiger partial charge in [-0.3, -0.25) is 4.79 Å². The number of piperidine rings is 1. The summed E-state index contributed by atoms with van der Waals surface area (Å²) in [6, 6.07) is 7.34. The molecule has 0 saturated carbocycles. The van der Waals surface area contributed by atoms with Gasteiger partial charge < -0.3 is 14.2 Å². The SMILES string of the molecule is CC1(F)CCN(C(=O)c2ccc(B3OC(C)(C)C(C)(C)O3)cc2)CC1. The summed E-state index contributed by atoms with van der Waals surface area (Å²) in [7, 11) is -0.434. The van der Waals surface area contributed by atoms with Crippen molar-refractivity contribution < 1.29 is 18.5 Å². The molecule has 0 aliphatic carbocycles. The van der Waals surface area contributed by atoms with Crippen molar-refractivity contribution in [1.82, 2.24) is 4.90 Å². The van der Waals surface area contributed by atoms with E-state index in [-0.39, 0.29) is 17.1 Å². The van der Waals surface area contributed by atoms with Crippen molar-refractivity contribution in [3.63, 3.8) is 0 Å². The number of alkyl halides is 1. The van der Waals surface area contributed by atoms with E-state index in [9.17, 15) is 9.18 Å².